The van der Waals surface area contributed by atoms with Crippen LogP contribution in [0.4, 0.5) is 5.69 Å². The van der Waals surface area contributed by atoms with Crippen molar-refractivity contribution in [3.05, 3.63) is 54.2 Å². The molecule has 5 nitrogen and oxygen atoms in total. The molecular weight excluding hydrogens is 304 g/mol. The van der Waals surface area contributed by atoms with Gasteiger partial charge in [-0.15, -0.1) is 0 Å². The van der Waals surface area contributed by atoms with Crippen LogP contribution in [0.3, 0.4) is 0 Å². The minimum absolute atomic E-state index is 0.00646. The van der Waals surface area contributed by atoms with Gasteiger partial charge in [-0.05, 0) is 23.8 Å². The minimum atomic E-state index is 0.00646. The average Bonchev–Trinajstić information content (AvgIpc) is 3.03. The van der Waals surface area contributed by atoms with Crippen molar-refractivity contribution >= 4 is 22.5 Å². The molecule has 0 spiro atoms. The largest absolute Gasteiger partial charge is 0.493 e. The lowest BCUT2D eigenvalue weighted by atomic mass is 10.1. The van der Waals surface area contributed by atoms with Crippen molar-refractivity contribution in [3.8, 4) is 11.5 Å². The Labute approximate surface area is 140 Å². The molecule has 0 unspecified atom stereocenters. The number of amides is 1. The van der Waals surface area contributed by atoms with Crippen LogP contribution < -0.4 is 14.4 Å². The van der Waals surface area contributed by atoms with E-state index in [4.69, 9.17) is 9.47 Å². The number of ether oxygens (including phenoxy) is 2. The Morgan fingerprint density at radius 2 is 1.83 bits per heavy atom. The Balaban J connectivity index is 1.82. The van der Waals surface area contributed by atoms with Gasteiger partial charge in [-0.2, -0.15) is 0 Å². The fourth-order valence-electron chi connectivity index (χ4n) is 2.74. The maximum Gasteiger partial charge on any atom is 0.231 e. The summed E-state index contributed by atoms with van der Waals surface area (Å²) >= 11 is 0. The number of carbonyl (C=O) groups is 1. The fraction of sp³-hybridized carbons (Fsp3) is 0.211. The molecule has 0 fully saturated rings. The van der Waals surface area contributed by atoms with Gasteiger partial charge in [-0.3, -0.25) is 4.79 Å². The second-order valence-electron chi connectivity index (χ2n) is 5.53. The van der Waals surface area contributed by atoms with E-state index in [0.29, 0.717) is 17.9 Å². The molecule has 1 amide bonds. The number of methoxy groups -OCH3 is 2. The van der Waals surface area contributed by atoms with E-state index >= 15 is 0 Å². The van der Waals surface area contributed by atoms with Crippen LogP contribution in [-0.4, -0.2) is 32.2 Å². The molecule has 1 aromatic heterocycles. The summed E-state index contributed by atoms with van der Waals surface area (Å²) in [6.45, 7) is 0. The first kappa shape index (κ1) is 15.9. The first-order valence-electron chi connectivity index (χ1n) is 7.67. The molecule has 0 atom stereocenters. The first-order chi connectivity index (χ1) is 11.6. The second kappa shape index (κ2) is 6.66. The molecule has 24 heavy (non-hydrogen) atoms. The van der Waals surface area contributed by atoms with Crippen LogP contribution >= 0.6 is 0 Å². The smallest absolute Gasteiger partial charge is 0.231 e. The number of aromatic nitrogens is 1. The van der Waals surface area contributed by atoms with E-state index in [1.54, 1.807) is 38.3 Å². The molecule has 0 aliphatic heterocycles. The number of H-pyrrole nitrogens is 1. The molecule has 3 aromatic rings. The molecular formula is C19H20N2O3. The van der Waals surface area contributed by atoms with Gasteiger partial charge in [0.25, 0.3) is 0 Å². The van der Waals surface area contributed by atoms with Crippen molar-refractivity contribution in [2.45, 2.75) is 6.42 Å². The van der Waals surface area contributed by atoms with E-state index in [1.165, 1.54) is 0 Å². The van der Waals surface area contributed by atoms with Crippen LogP contribution in [0.15, 0.2) is 48.7 Å². The number of para-hydroxylation sites is 1. The van der Waals surface area contributed by atoms with E-state index in [1.807, 2.05) is 36.5 Å². The zero-order valence-electron chi connectivity index (χ0n) is 14.0. The molecule has 0 radical (unpaired) electrons. The highest BCUT2D eigenvalue weighted by Crippen LogP contribution is 2.31. The summed E-state index contributed by atoms with van der Waals surface area (Å²) in [4.78, 5) is 17.5. The molecule has 0 aliphatic rings. The quantitative estimate of drug-likeness (QED) is 0.783. The molecule has 0 aliphatic carbocycles. The highest BCUT2D eigenvalue weighted by atomic mass is 16.5. The van der Waals surface area contributed by atoms with Crippen LogP contribution in [0.5, 0.6) is 11.5 Å². The van der Waals surface area contributed by atoms with Crippen molar-refractivity contribution in [1.82, 2.24) is 4.98 Å². The predicted molar refractivity (Wildman–Crippen MR) is 95.0 cm³/mol. The van der Waals surface area contributed by atoms with Crippen LogP contribution in [-0.2, 0) is 11.2 Å². The van der Waals surface area contributed by atoms with E-state index in [2.05, 4.69) is 4.98 Å². The van der Waals surface area contributed by atoms with Crippen LogP contribution in [0.1, 0.15) is 5.56 Å². The third-order valence-electron chi connectivity index (χ3n) is 4.15. The van der Waals surface area contributed by atoms with Gasteiger partial charge >= 0.3 is 0 Å². The lowest BCUT2D eigenvalue weighted by Gasteiger charge is -2.19. The third kappa shape index (κ3) is 2.93. The van der Waals surface area contributed by atoms with E-state index < -0.39 is 0 Å². The number of rotatable bonds is 5. The zero-order valence-corrected chi connectivity index (χ0v) is 14.0. The van der Waals surface area contributed by atoms with Crippen molar-refractivity contribution < 1.29 is 14.3 Å². The Hall–Kier alpha value is -2.95. The van der Waals surface area contributed by atoms with Crippen molar-refractivity contribution in [3.63, 3.8) is 0 Å². The van der Waals surface area contributed by atoms with Gasteiger partial charge in [-0.25, -0.2) is 0 Å². The standard InChI is InChI=1S/C19H20N2O3/c1-21(14-8-9-17(23-2)18(11-14)24-3)19(22)10-13-12-20-16-7-5-4-6-15(13)16/h4-9,11-12,20H,10H2,1-3H3. The predicted octanol–water partition coefficient (Wildman–Crippen LogP) is 3.39. The van der Waals surface area contributed by atoms with Crippen molar-refractivity contribution in [1.29, 1.82) is 0 Å². The number of fused-ring (bicyclic) bond motifs is 1. The summed E-state index contributed by atoms with van der Waals surface area (Å²) in [7, 11) is 4.93. The molecule has 3 rings (SSSR count). The molecule has 0 saturated heterocycles. The Morgan fingerprint density at radius 1 is 1.08 bits per heavy atom. The number of anilines is 1. The number of aromatic amines is 1. The SMILES string of the molecule is COc1ccc(N(C)C(=O)Cc2c[nH]c3ccccc23)cc1OC. The van der Waals surface area contributed by atoms with Crippen LogP contribution in [0.2, 0.25) is 0 Å². The summed E-state index contributed by atoms with van der Waals surface area (Å²) < 4.78 is 10.5. The molecule has 1 heterocycles. The van der Waals surface area contributed by atoms with E-state index in [9.17, 15) is 4.79 Å². The number of carbonyl (C=O) groups excluding carboxylic acids is 1. The number of hydrogen-bond donors (Lipinski definition) is 1. The summed E-state index contributed by atoms with van der Waals surface area (Å²) in [5, 5.41) is 1.08. The van der Waals surface area contributed by atoms with Gasteiger partial charge in [-0.1, -0.05) is 18.2 Å². The highest BCUT2D eigenvalue weighted by Gasteiger charge is 2.16. The van der Waals surface area contributed by atoms with Gasteiger partial charge < -0.3 is 19.4 Å². The number of hydrogen-bond acceptors (Lipinski definition) is 3. The monoisotopic (exact) mass is 324 g/mol. The lowest BCUT2D eigenvalue weighted by Crippen LogP contribution is -2.27. The Morgan fingerprint density at radius 3 is 2.58 bits per heavy atom. The van der Waals surface area contributed by atoms with Gasteiger partial charge in [0, 0.05) is 35.9 Å². The van der Waals surface area contributed by atoms with Crippen molar-refractivity contribution in [2.24, 2.45) is 0 Å². The van der Waals surface area contributed by atoms with Gasteiger partial charge in [0.1, 0.15) is 0 Å². The molecule has 0 saturated carbocycles. The molecule has 5 heteroatoms. The fourth-order valence-corrected chi connectivity index (χ4v) is 2.74. The molecule has 2 aromatic carbocycles. The van der Waals surface area contributed by atoms with Gasteiger partial charge in [0.05, 0.1) is 20.6 Å². The third-order valence-corrected chi connectivity index (χ3v) is 4.15. The van der Waals surface area contributed by atoms with E-state index in [-0.39, 0.29) is 5.91 Å². The normalized spacial score (nSPS) is 10.6. The molecule has 0 bridgehead atoms. The number of nitrogens with zero attached hydrogens (tertiary/aromatic N) is 1. The Kier molecular flexibility index (Phi) is 4.42. The van der Waals surface area contributed by atoms with Gasteiger partial charge in [0.2, 0.25) is 5.91 Å². The maximum atomic E-state index is 12.6. The van der Waals surface area contributed by atoms with Gasteiger partial charge in [0.15, 0.2) is 11.5 Å². The summed E-state index contributed by atoms with van der Waals surface area (Å²) in [5.74, 6) is 1.24. The van der Waals surface area contributed by atoms with Crippen molar-refractivity contribution in [2.75, 3.05) is 26.2 Å². The molecule has 124 valence electrons. The number of nitrogens with one attached hydrogen (secondary N) is 1. The number of likely N-dealkylation sites (N-methyl/N-ethyl adjacent to an activating group) is 1. The Bertz CT molecular complexity index is 870. The molecule has 1 N–H and O–H groups in total. The first-order valence-corrected chi connectivity index (χ1v) is 7.67. The lowest BCUT2D eigenvalue weighted by molar-refractivity contribution is -0.117. The van der Waals surface area contributed by atoms with E-state index in [0.717, 1.165) is 22.2 Å². The highest BCUT2D eigenvalue weighted by molar-refractivity contribution is 5.97. The summed E-state index contributed by atoms with van der Waals surface area (Å²) in [6, 6.07) is 13.4. The summed E-state index contributed by atoms with van der Waals surface area (Å²) in [6.07, 6.45) is 2.22. The second-order valence-corrected chi connectivity index (χ2v) is 5.53. The topological polar surface area (TPSA) is 54.6 Å². The number of benzene rings is 2. The van der Waals surface area contributed by atoms with Crippen LogP contribution in [0.25, 0.3) is 10.9 Å². The van der Waals surface area contributed by atoms with Crippen LogP contribution in [0, 0.1) is 0 Å². The average molecular weight is 324 g/mol. The summed E-state index contributed by atoms with van der Waals surface area (Å²) in [5.41, 5.74) is 2.79. The zero-order chi connectivity index (χ0) is 17.1. The minimum Gasteiger partial charge on any atom is -0.493 e. The maximum absolute atomic E-state index is 12.6.